The van der Waals surface area contributed by atoms with Gasteiger partial charge in [0.25, 0.3) is 0 Å². The zero-order chi connectivity index (χ0) is 12.5. The number of nitrogens with one attached hydrogen (secondary N) is 1. The molecule has 4 nitrogen and oxygen atoms in total. The number of ether oxygens (including phenoxy) is 1. The van der Waals surface area contributed by atoms with Crippen LogP contribution in [0.4, 0.5) is 11.5 Å². The van der Waals surface area contributed by atoms with Crippen molar-refractivity contribution in [2.45, 2.75) is 25.7 Å². The average Bonchev–Trinajstić information content (AvgIpc) is 3.25. The number of rotatable bonds is 6. The maximum Gasteiger partial charge on any atom is 0.238 e. The van der Waals surface area contributed by atoms with E-state index in [2.05, 4.69) is 10.3 Å². The van der Waals surface area contributed by atoms with E-state index in [1.807, 2.05) is 12.1 Å². The molecular formula is C14H21N3O. The van der Waals surface area contributed by atoms with E-state index in [0.29, 0.717) is 11.6 Å². The number of methoxy groups -OCH3 is 1. The number of aromatic nitrogens is 1. The minimum absolute atomic E-state index is 0.509. The molecule has 2 aliphatic rings. The van der Waals surface area contributed by atoms with E-state index >= 15 is 0 Å². The summed E-state index contributed by atoms with van der Waals surface area (Å²) in [6.45, 7) is 1.04. The SMILES string of the molecule is COc1nc(NCC(C2CC2)C2CC2)ccc1N. The molecule has 0 unspecified atom stereocenters. The molecule has 1 heterocycles. The van der Waals surface area contributed by atoms with Crippen molar-refractivity contribution in [3.63, 3.8) is 0 Å². The van der Waals surface area contributed by atoms with Crippen LogP contribution in [0.3, 0.4) is 0 Å². The number of nitrogens with zero attached hydrogens (tertiary/aromatic N) is 1. The van der Waals surface area contributed by atoms with Gasteiger partial charge in [0.05, 0.1) is 12.8 Å². The minimum atomic E-state index is 0.509. The average molecular weight is 247 g/mol. The summed E-state index contributed by atoms with van der Waals surface area (Å²) in [7, 11) is 1.60. The molecule has 4 heteroatoms. The van der Waals surface area contributed by atoms with E-state index in [1.54, 1.807) is 7.11 Å². The van der Waals surface area contributed by atoms with Crippen LogP contribution in [0.1, 0.15) is 25.7 Å². The Bertz CT molecular complexity index is 415. The predicted molar refractivity (Wildman–Crippen MR) is 72.6 cm³/mol. The van der Waals surface area contributed by atoms with Crippen molar-refractivity contribution in [1.29, 1.82) is 0 Å². The van der Waals surface area contributed by atoms with Crippen LogP contribution in [0.5, 0.6) is 5.88 Å². The van der Waals surface area contributed by atoms with Crippen molar-refractivity contribution in [2.24, 2.45) is 17.8 Å². The van der Waals surface area contributed by atoms with Crippen molar-refractivity contribution in [1.82, 2.24) is 4.98 Å². The zero-order valence-electron chi connectivity index (χ0n) is 10.9. The Morgan fingerprint density at radius 2 is 2.00 bits per heavy atom. The van der Waals surface area contributed by atoms with Crippen molar-refractivity contribution in [2.75, 3.05) is 24.7 Å². The molecule has 1 aromatic heterocycles. The summed E-state index contributed by atoms with van der Waals surface area (Å²) in [6.07, 6.45) is 5.67. The first-order valence-corrected chi connectivity index (χ1v) is 6.82. The molecule has 1 aromatic rings. The lowest BCUT2D eigenvalue weighted by molar-refractivity contribution is 0.400. The summed E-state index contributed by atoms with van der Waals surface area (Å²) in [5.74, 6) is 4.14. The quantitative estimate of drug-likeness (QED) is 0.811. The van der Waals surface area contributed by atoms with Crippen molar-refractivity contribution >= 4 is 11.5 Å². The van der Waals surface area contributed by atoms with Crippen molar-refractivity contribution in [3.05, 3.63) is 12.1 Å². The molecule has 0 amide bonds. The smallest absolute Gasteiger partial charge is 0.238 e. The van der Waals surface area contributed by atoms with E-state index in [0.717, 1.165) is 30.1 Å². The normalized spacial score (nSPS) is 19.0. The molecule has 0 aliphatic heterocycles. The summed E-state index contributed by atoms with van der Waals surface area (Å²) < 4.78 is 5.14. The Kier molecular flexibility index (Phi) is 3.02. The van der Waals surface area contributed by atoms with Crippen LogP contribution in [-0.4, -0.2) is 18.6 Å². The minimum Gasteiger partial charge on any atom is -0.479 e. The third kappa shape index (κ3) is 2.52. The van der Waals surface area contributed by atoms with E-state index in [9.17, 15) is 0 Å². The lowest BCUT2D eigenvalue weighted by Gasteiger charge is -2.17. The number of nitrogens with two attached hydrogens (primary N) is 1. The van der Waals surface area contributed by atoms with Crippen LogP contribution in [0, 0.1) is 17.8 Å². The number of anilines is 2. The molecule has 3 N–H and O–H groups in total. The molecule has 0 spiro atoms. The van der Waals surface area contributed by atoms with Gasteiger partial charge in [0.2, 0.25) is 5.88 Å². The fourth-order valence-corrected chi connectivity index (χ4v) is 2.70. The van der Waals surface area contributed by atoms with Crippen LogP contribution in [0.2, 0.25) is 0 Å². The molecule has 98 valence electrons. The highest BCUT2D eigenvalue weighted by atomic mass is 16.5. The van der Waals surface area contributed by atoms with Crippen LogP contribution in [0.25, 0.3) is 0 Å². The van der Waals surface area contributed by atoms with E-state index in [1.165, 1.54) is 25.7 Å². The third-order valence-electron chi connectivity index (χ3n) is 4.06. The van der Waals surface area contributed by atoms with Gasteiger partial charge in [-0.2, -0.15) is 4.98 Å². The van der Waals surface area contributed by atoms with Gasteiger partial charge in [-0.05, 0) is 55.6 Å². The molecule has 0 saturated heterocycles. The second-order valence-corrected chi connectivity index (χ2v) is 5.51. The fourth-order valence-electron chi connectivity index (χ4n) is 2.70. The van der Waals surface area contributed by atoms with Crippen molar-refractivity contribution in [3.8, 4) is 5.88 Å². The molecule has 2 aliphatic carbocycles. The third-order valence-corrected chi connectivity index (χ3v) is 4.06. The number of pyridine rings is 1. The Hall–Kier alpha value is -1.45. The van der Waals surface area contributed by atoms with Crippen LogP contribution in [-0.2, 0) is 0 Å². The number of nitrogen functional groups attached to an aromatic ring is 1. The predicted octanol–water partition coefficient (Wildman–Crippen LogP) is 2.52. The standard InChI is InChI=1S/C14H21N3O/c1-18-14-12(15)6-7-13(17-14)16-8-11(9-2-3-9)10-4-5-10/h6-7,9-11H,2-5,8,15H2,1H3,(H,16,17). The summed E-state index contributed by atoms with van der Waals surface area (Å²) in [5, 5.41) is 3.44. The van der Waals surface area contributed by atoms with Gasteiger partial charge in [0, 0.05) is 6.54 Å². The fraction of sp³-hybridized carbons (Fsp3) is 0.643. The second-order valence-electron chi connectivity index (χ2n) is 5.51. The van der Waals surface area contributed by atoms with Crippen LogP contribution < -0.4 is 15.8 Å². The van der Waals surface area contributed by atoms with Gasteiger partial charge in [0.15, 0.2) is 0 Å². The highest BCUT2D eigenvalue weighted by molar-refractivity contribution is 5.53. The molecule has 0 aromatic carbocycles. The number of hydrogen-bond acceptors (Lipinski definition) is 4. The summed E-state index contributed by atoms with van der Waals surface area (Å²) >= 11 is 0. The lowest BCUT2D eigenvalue weighted by Crippen LogP contribution is -2.18. The second kappa shape index (κ2) is 4.67. The molecule has 2 fully saturated rings. The summed E-state index contributed by atoms with van der Waals surface area (Å²) in [4.78, 5) is 4.36. The van der Waals surface area contributed by atoms with E-state index in [4.69, 9.17) is 10.5 Å². The van der Waals surface area contributed by atoms with Crippen LogP contribution >= 0.6 is 0 Å². The Morgan fingerprint density at radius 1 is 1.33 bits per heavy atom. The molecule has 0 atom stereocenters. The van der Waals surface area contributed by atoms with E-state index < -0.39 is 0 Å². The van der Waals surface area contributed by atoms with Gasteiger partial charge in [-0.15, -0.1) is 0 Å². The first-order chi connectivity index (χ1) is 8.78. The maximum absolute atomic E-state index is 5.76. The lowest BCUT2D eigenvalue weighted by atomic mass is 9.98. The highest BCUT2D eigenvalue weighted by Crippen LogP contribution is 2.49. The molecule has 0 radical (unpaired) electrons. The molecule has 18 heavy (non-hydrogen) atoms. The molecule has 3 rings (SSSR count). The molecular weight excluding hydrogens is 226 g/mol. The maximum atomic E-state index is 5.76. The Balaban J connectivity index is 1.61. The monoisotopic (exact) mass is 247 g/mol. The van der Waals surface area contributed by atoms with E-state index in [-0.39, 0.29) is 0 Å². The van der Waals surface area contributed by atoms with Gasteiger partial charge in [-0.3, -0.25) is 0 Å². The van der Waals surface area contributed by atoms with Gasteiger partial charge in [-0.25, -0.2) is 0 Å². The Labute approximate surface area is 108 Å². The van der Waals surface area contributed by atoms with Gasteiger partial charge >= 0.3 is 0 Å². The topological polar surface area (TPSA) is 60.2 Å². The Morgan fingerprint density at radius 3 is 2.56 bits per heavy atom. The number of hydrogen-bond donors (Lipinski definition) is 2. The zero-order valence-corrected chi connectivity index (χ0v) is 10.9. The van der Waals surface area contributed by atoms with Gasteiger partial charge in [0.1, 0.15) is 5.82 Å². The molecule has 2 saturated carbocycles. The summed E-state index contributed by atoms with van der Waals surface area (Å²) in [6, 6.07) is 3.77. The van der Waals surface area contributed by atoms with Gasteiger partial charge < -0.3 is 15.8 Å². The first-order valence-electron chi connectivity index (χ1n) is 6.82. The van der Waals surface area contributed by atoms with Crippen molar-refractivity contribution < 1.29 is 4.74 Å². The van der Waals surface area contributed by atoms with Gasteiger partial charge in [-0.1, -0.05) is 0 Å². The van der Waals surface area contributed by atoms with Crippen LogP contribution in [0.15, 0.2) is 12.1 Å². The first kappa shape index (κ1) is 11.6. The summed E-state index contributed by atoms with van der Waals surface area (Å²) in [5.41, 5.74) is 6.34. The highest BCUT2D eigenvalue weighted by Gasteiger charge is 2.41. The largest absolute Gasteiger partial charge is 0.479 e. The molecule has 0 bridgehead atoms.